The van der Waals surface area contributed by atoms with Crippen LogP contribution >= 0.6 is 0 Å². The minimum Gasteiger partial charge on any atom is -0.485 e. The van der Waals surface area contributed by atoms with Gasteiger partial charge in [-0.05, 0) is 37.4 Å². The average molecular weight is 315 g/mol. The fraction of sp³-hybridized carbons (Fsp3) is 0.412. The highest BCUT2D eigenvalue weighted by atomic mass is 16.5. The van der Waals surface area contributed by atoms with Gasteiger partial charge < -0.3 is 15.2 Å². The molecule has 0 unspecified atom stereocenters. The van der Waals surface area contributed by atoms with Gasteiger partial charge in [0.05, 0.1) is 6.20 Å². The van der Waals surface area contributed by atoms with E-state index in [-0.39, 0.29) is 5.69 Å². The zero-order chi connectivity index (χ0) is 16.1. The number of nitrogens with one attached hydrogen (secondary N) is 1. The van der Waals surface area contributed by atoms with Crippen LogP contribution in [0.3, 0.4) is 0 Å². The number of piperidine rings is 1. The number of hydrogen-bond acceptors (Lipinski definition) is 4. The molecular formula is C17H21N3O3. The first-order chi connectivity index (χ1) is 11.2. The van der Waals surface area contributed by atoms with E-state index in [1.165, 1.54) is 6.20 Å². The van der Waals surface area contributed by atoms with Crippen LogP contribution in [-0.2, 0) is 13.2 Å². The van der Waals surface area contributed by atoms with Crippen LogP contribution in [0.5, 0.6) is 5.75 Å². The number of carboxylic acids is 1. The number of carbonyl (C=O) groups is 1. The molecule has 1 aliphatic rings. The number of aromatic nitrogens is 2. The van der Waals surface area contributed by atoms with E-state index in [0.717, 1.165) is 31.5 Å². The summed E-state index contributed by atoms with van der Waals surface area (Å²) in [6.07, 6.45) is 3.59. The molecule has 122 valence electrons. The fourth-order valence-corrected chi connectivity index (χ4v) is 2.87. The Morgan fingerprint density at radius 1 is 1.30 bits per heavy atom. The maximum Gasteiger partial charge on any atom is 0.358 e. The summed E-state index contributed by atoms with van der Waals surface area (Å²) in [5.41, 5.74) is 1.13. The molecule has 1 aliphatic heterocycles. The molecule has 6 nitrogen and oxygen atoms in total. The highest BCUT2D eigenvalue weighted by molar-refractivity contribution is 5.88. The van der Waals surface area contributed by atoms with Crippen LogP contribution in [0.4, 0.5) is 0 Å². The molecule has 0 aliphatic carbocycles. The molecule has 0 spiro atoms. The summed E-state index contributed by atoms with van der Waals surface area (Å²) in [7, 11) is 0. The molecule has 0 saturated carbocycles. The zero-order valence-electron chi connectivity index (χ0n) is 12.9. The summed E-state index contributed by atoms with van der Waals surface area (Å²) in [6, 6.07) is 9.68. The van der Waals surface area contributed by atoms with Crippen molar-refractivity contribution in [3.63, 3.8) is 0 Å². The highest BCUT2D eigenvalue weighted by Gasteiger charge is 2.22. The van der Waals surface area contributed by atoms with Crippen LogP contribution in [-0.4, -0.2) is 33.9 Å². The van der Waals surface area contributed by atoms with E-state index in [2.05, 4.69) is 10.4 Å². The molecule has 3 rings (SSSR count). The van der Waals surface area contributed by atoms with Crippen LogP contribution in [0.2, 0.25) is 0 Å². The maximum absolute atomic E-state index is 11.6. The van der Waals surface area contributed by atoms with Gasteiger partial charge in [0.1, 0.15) is 6.61 Å². The normalized spacial score (nSPS) is 15.5. The molecule has 0 atom stereocenters. The molecule has 0 bridgehead atoms. The van der Waals surface area contributed by atoms with Crippen molar-refractivity contribution in [2.75, 3.05) is 13.1 Å². The van der Waals surface area contributed by atoms with Crippen LogP contribution < -0.4 is 10.1 Å². The Labute approximate surface area is 135 Å². The Balaban J connectivity index is 1.71. The number of rotatable bonds is 6. The van der Waals surface area contributed by atoms with Gasteiger partial charge in [0.15, 0.2) is 11.4 Å². The van der Waals surface area contributed by atoms with E-state index >= 15 is 0 Å². The van der Waals surface area contributed by atoms with Gasteiger partial charge in [0.25, 0.3) is 0 Å². The van der Waals surface area contributed by atoms with Crippen molar-refractivity contribution < 1.29 is 14.6 Å². The van der Waals surface area contributed by atoms with E-state index in [4.69, 9.17) is 4.74 Å². The Morgan fingerprint density at radius 2 is 2.04 bits per heavy atom. The molecule has 0 amide bonds. The first-order valence-corrected chi connectivity index (χ1v) is 7.90. The van der Waals surface area contributed by atoms with Crippen LogP contribution in [0.15, 0.2) is 36.5 Å². The second kappa shape index (κ2) is 7.28. The van der Waals surface area contributed by atoms with Crippen molar-refractivity contribution in [1.29, 1.82) is 0 Å². The van der Waals surface area contributed by atoms with Gasteiger partial charge in [-0.2, -0.15) is 5.10 Å². The first-order valence-electron chi connectivity index (χ1n) is 7.90. The first kappa shape index (κ1) is 15.6. The van der Waals surface area contributed by atoms with Crippen molar-refractivity contribution in [3.05, 3.63) is 47.8 Å². The van der Waals surface area contributed by atoms with Gasteiger partial charge in [0, 0.05) is 6.54 Å². The second-order valence-electron chi connectivity index (χ2n) is 5.81. The largest absolute Gasteiger partial charge is 0.485 e. The summed E-state index contributed by atoms with van der Waals surface area (Å²) in [6.45, 7) is 2.91. The van der Waals surface area contributed by atoms with Crippen molar-refractivity contribution in [3.8, 4) is 5.75 Å². The third-order valence-corrected chi connectivity index (χ3v) is 4.14. The number of hydrogen-bond donors (Lipinski definition) is 2. The Morgan fingerprint density at radius 3 is 2.74 bits per heavy atom. The van der Waals surface area contributed by atoms with Crippen molar-refractivity contribution in [1.82, 2.24) is 15.1 Å². The molecule has 2 aromatic rings. The van der Waals surface area contributed by atoms with E-state index in [1.54, 1.807) is 4.68 Å². The predicted molar refractivity (Wildman–Crippen MR) is 85.6 cm³/mol. The van der Waals surface area contributed by atoms with Crippen LogP contribution in [0, 0.1) is 5.92 Å². The molecule has 2 N–H and O–H groups in total. The SMILES string of the molecule is O=C(O)c1c(OCc2ccccc2)cnn1CC1CCNCC1. The lowest BCUT2D eigenvalue weighted by Gasteiger charge is -2.22. The number of benzene rings is 1. The lowest BCUT2D eigenvalue weighted by molar-refractivity contribution is 0.0675. The number of nitrogens with zero attached hydrogens (tertiary/aromatic N) is 2. The van der Waals surface area contributed by atoms with Gasteiger partial charge in [-0.25, -0.2) is 4.79 Å². The van der Waals surface area contributed by atoms with E-state index in [9.17, 15) is 9.90 Å². The molecule has 23 heavy (non-hydrogen) atoms. The molecular weight excluding hydrogens is 294 g/mol. The molecule has 1 saturated heterocycles. The van der Waals surface area contributed by atoms with E-state index in [1.807, 2.05) is 30.3 Å². The second-order valence-corrected chi connectivity index (χ2v) is 5.81. The average Bonchev–Trinajstić information content (AvgIpc) is 2.98. The van der Waals surface area contributed by atoms with Crippen molar-refractivity contribution in [2.45, 2.75) is 26.0 Å². The number of carboxylic acid groups (broad SMARTS) is 1. The summed E-state index contributed by atoms with van der Waals surface area (Å²) in [5.74, 6) is -0.217. The molecule has 1 aromatic carbocycles. The molecule has 6 heteroatoms. The Hall–Kier alpha value is -2.34. The third kappa shape index (κ3) is 3.90. The fourth-order valence-electron chi connectivity index (χ4n) is 2.87. The molecule has 1 aromatic heterocycles. The van der Waals surface area contributed by atoms with Crippen LogP contribution in [0.25, 0.3) is 0 Å². The Kier molecular flexibility index (Phi) is 4.92. The third-order valence-electron chi connectivity index (χ3n) is 4.14. The lowest BCUT2D eigenvalue weighted by atomic mass is 9.98. The quantitative estimate of drug-likeness (QED) is 0.854. The zero-order valence-corrected chi connectivity index (χ0v) is 12.9. The van der Waals surface area contributed by atoms with E-state index < -0.39 is 5.97 Å². The number of ether oxygens (including phenoxy) is 1. The minimum atomic E-state index is -1.00. The smallest absolute Gasteiger partial charge is 0.358 e. The van der Waals surface area contributed by atoms with Gasteiger partial charge >= 0.3 is 5.97 Å². The van der Waals surface area contributed by atoms with Gasteiger partial charge in [-0.3, -0.25) is 4.68 Å². The highest BCUT2D eigenvalue weighted by Crippen LogP contribution is 2.22. The summed E-state index contributed by atoms with van der Waals surface area (Å²) in [4.78, 5) is 11.6. The van der Waals surface area contributed by atoms with E-state index in [0.29, 0.717) is 24.8 Å². The summed E-state index contributed by atoms with van der Waals surface area (Å²) >= 11 is 0. The Bertz CT molecular complexity index is 648. The molecule has 1 fully saturated rings. The summed E-state index contributed by atoms with van der Waals surface area (Å²) in [5, 5.41) is 17.1. The predicted octanol–water partition coefficient (Wildman–Crippen LogP) is 2.16. The molecule has 0 radical (unpaired) electrons. The molecule has 2 heterocycles. The number of aromatic carboxylic acids is 1. The van der Waals surface area contributed by atoms with Gasteiger partial charge in [-0.15, -0.1) is 0 Å². The summed E-state index contributed by atoms with van der Waals surface area (Å²) < 4.78 is 7.25. The standard InChI is InChI=1S/C17H21N3O3/c21-17(22)16-15(23-12-14-4-2-1-3-5-14)10-19-20(16)11-13-6-8-18-9-7-13/h1-5,10,13,18H,6-9,11-12H2,(H,21,22). The monoisotopic (exact) mass is 315 g/mol. The topological polar surface area (TPSA) is 76.4 Å². The van der Waals surface area contributed by atoms with Gasteiger partial charge in [-0.1, -0.05) is 30.3 Å². The van der Waals surface area contributed by atoms with Crippen LogP contribution in [0.1, 0.15) is 28.9 Å². The minimum absolute atomic E-state index is 0.138. The van der Waals surface area contributed by atoms with Crippen molar-refractivity contribution >= 4 is 5.97 Å². The van der Waals surface area contributed by atoms with Crippen molar-refractivity contribution in [2.24, 2.45) is 5.92 Å². The lowest BCUT2D eigenvalue weighted by Crippen LogP contribution is -2.30. The van der Waals surface area contributed by atoms with Gasteiger partial charge in [0.2, 0.25) is 0 Å². The maximum atomic E-state index is 11.6.